The third-order valence-electron chi connectivity index (χ3n) is 2.83. The van der Waals surface area contributed by atoms with Crippen LogP contribution in [0.3, 0.4) is 0 Å². The monoisotopic (exact) mass is 362 g/mol. The second-order valence-electron chi connectivity index (χ2n) is 4.73. The van der Waals surface area contributed by atoms with Crippen molar-refractivity contribution in [1.82, 2.24) is 10.0 Å². The maximum atomic E-state index is 11.8. The Hall–Kier alpha value is -0.430. The third kappa shape index (κ3) is 7.99. The smallest absolute Gasteiger partial charge is 0.211 e. The van der Waals surface area contributed by atoms with E-state index in [9.17, 15) is 8.42 Å². The number of sulfonamides is 1. The van der Waals surface area contributed by atoms with Crippen molar-refractivity contribution in [2.24, 2.45) is 0 Å². The SMILES string of the molecule is CCCNCCCCS(=O)(=O)NCc1cccc(Br)c1. The van der Waals surface area contributed by atoms with Gasteiger partial charge in [0.1, 0.15) is 0 Å². The quantitative estimate of drug-likeness (QED) is 0.629. The summed E-state index contributed by atoms with van der Waals surface area (Å²) in [6.07, 6.45) is 2.68. The third-order valence-corrected chi connectivity index (χ3v) is 4.73. The Morgan fingerprint density at radius 3 is 2.70 bits per heavy atom. The maximum Gasteiger partial charge on any atom is 0.211 e. The molecule has 1 aromatic carbocycles. The molecular formula is C14H23BrN2O2S. The average Bonchev–Trinajstić information content (AvgIpc) is 2.41. The molecule has 0 spiro atoms. The molecule has 0 atom stereocenters. The lowest BCUT2D eigenvalue weighted by atomic mass is 10.2. The Morgan fingerprint density at radius 1 is 1.20 bits per heavy atom. The first kappa shape index (κ1) is 17.6. The minimum Gasteiger partial charge on any atom is -0.317 e. The molecule has 0 amide bonds. The molecule has 0 aliphatic heterocycles. The lowest BCUT2D eigenvalue weighted by Gasteiger charge is -2.07. The van der Waals surface area contributed by atoms with Crippen molar-refractivity contribution >= 4 is 26.0 Å². The molecule has 0 fully saturated rings. The summed E-state index contributed by atoms with van der Waals surface area (Å²) in [6.45, 7) is 4.34. The first-order chi connectivity index (χ1) is 9.53. The van der Waals surface area contributed by atoms with Crippen molar-refractivity contribution in [2.45, 2.75) is 32.7 Å². The van der Waals surface area contributed by atoms with Crippen LogP contribution in [0.4, 0.5) is 0 Å². The van der Waals surface area contributed by atoms with Crippen LogP contribution >= 0.6 is 15.9 Å². The van der Waals surface area contributed by atoms with Gasteiger partial charge < -0.3 is 5.32 Å². The van der Waals surface area contributed by atoms with E-state index in [1.807, 2.05) is 24.3 Å². The molecule has 0 unspecified atom stereocenters. The molecule has 114 valence electrons. The van der Waals surface area contributed by atoms with Crippen LogP contribution in [0.25, 0.3) is 0 Å². The van der Waals surface area contributed by atoms with Crippen LogP contribution in [0.15, 0.2) is 28.7 Å². The molecule has 2 N–H and O–H groups in total. The van der Waals surface area contributed by atoms with Crippen LogP contribution in [-0.4, -0.2) is 27.3 Å². The molecule has 0 saturated heterocycles. The molecule has 0 aromatic heterocycles. The fraction of sp³-hybridized carbons (Fsp3) is 0.571. The van der Waals surface area contributed by atoms with E-state index in [-0.39, 0.29) is 5.75 Å². The highest BCUT2D eigenvalue weighted by atomic mass is 79.9. The summed E-state index contributed by atoms with van der Waals surface area (Å²) in [6, 6.07) is 7.63. The molecule has 0 aliphatic rings. The molecule has 0 bridgehead atoms. The predicted octanol–water partition coefficient (Wildman–Crippen LogP) is 2.65. The van der Waals surface area contributed by atoms with Gasteiger partial charge >= 0.3 is 0 Å². The first-order valence-electron chi connectivity index (χ1n) is 6.96. The van der Waals surface area contributed by atoms with Crippen LogP contribution in [0.5, 0.6) is 0 Å². The number of halogens is 1. The molecule has 0 heterocycles. The number of nitrogens with one attached hydrogen (secondary N) is 2. The Labute approximate surface area is 130 Å². The average molecular weight is 363 g/mol. The van der Waals surface area contributed by atoms with E-state index < -0.39 is 10.0 Å². The van der Waals surface area contributed by atoms with Crippen LogP contribution < -0.4 is 10.0 Å². The van der Waals surface area contributed by atoms with Crippen molar-refractivity contribution in [3.05, 3.63) is 34.3 Å². The van der Waals surface area contributed by atoms with E-state index >= 15 is 0 Å². The topological polar surface area (TPSA) is 58.2 Å². The fourth-order valence-corrected chi connectivity index (χ4v) is 3.32. The van der Waals surface area contributed by atoms with E-state index in [0.717, 1.165) is 36.0 Å². The summed E-state index contributed by atoms with van der Waals surface area (Å²) in [5.74, 6) is 0.189. The van der Waals surface area contributed by atoms with E-state index in [0.29, 0.717) is 13.0 Å². The van der Waals surface area contributed by atoms with Crippen LogP contribution in [0.1, 0.15) is 31.7 Å². The minimum absolute atomic E-state index is 0.189. The number of hydrogen-bond donors (Lipinski definition) is 2. The summed E-state index contributed by atoms with van der Waals surface area (Å²) in [5, 5.41) is 3.26. The largest absolute Gasteiger partial charge is 0.317 e. The molecule has 0 radical (unpaired) electrons. The highest BCUT2D eigenvalue weighted by molar-refractivity contribution is 9.10. The predicted molar refractivity (Wildman–Crippen MR) is 87.2 cm³/mol. The van der Waals surface area contributed by atoms with E-state index in [4.69, 9.17) is 0 Å². The molecule has 0 aliphatic carbocycles. The Balaban J connectivity index is 2.24. The van der Waals surface area contributed by atoms with E-state index in [2.05, 4.69) is 32.9 Å². The second-order valence-corrected chi connectivity index (χ2v) is 7.57. The standard InChI is InChI=1S/C14H23BrN2O2S/c1-2-8-16-9-3-4-10-20(18,19)17-12-13-6-5-7-14(15)11-13/h5-7,11,16-17H,2-4,8-10,12H2,1H3. The van der Waals surface area contributed by atoms with Gasteiger partial charge in [0.15, 0.2) is 0 Å². The number of hydrogen-bond acceptors (Lipinski definition) is 3. The van der Waals surface area contributed by atoms with Gasteiger partial charge in [0.2, 0.25) is 10.0 Å². The van der Waals surface area contributed by atoms with Gasteiger partial charge in [-0.3, -0.25) is 0 Å². The molecule has 4 nitrogen and oxygen atoms in total. The van der Waals surface area contributed by atoms with Gasteiger partial charge in [0.25, 0.3) is 0 Å². The van der Waals surface area contributed by atoms with Crippen molar-refractivity contribution in [3.8, 4) is 0 Å². The minimum atomic E-state index is -3.18. The van der Waals surface area contributed by atoms with Gasteiger partial charge in [-0.25, -0.2) is 13.1 Å². The molecule has 6 heteroatoms. The van der Waals surface area contributed by atoms with Crippen LogP contribution in [-0.2, 0) is 16.6 Å². The summed E-state index contributed by atoms with van der Waals surface area (Å²) < 4.78 is 27.3. The molecule has 1 rings (SSSR count). The van der Waals surface area contributed by atoms with Crippen molar-refractivity contribution in [1.29, 1.82) is 0 Å². The maximum absolute atomic E-state index is 11.8. The van der Waals surface area contributed by atoms with Crippen molar-refractivity contribution in [2.75, 3.05) is 18.8 Å². The zero-order valence-electron chi connectivity index (χ0n) is 11.9. The molecule has 20 heavy (non-hydrogen) atoms. The van der Waals surface area contributed by atoms with E-state index in [1.54, 1.807) is 0 Å². The molecule has 0 saturated carbocycles. The number of benzene rings is 1. The van der Waals surface area contributed by atoms with Gasteiger partial charge in [0.05, 0.1) is 5.75 Å². The highest BCUT2D eigenvalue weighted by Crippen LogP contribution is 2.11. The summed E-state index contributed by atoms with van der Waals surface area (Å²) in [5.41, 5.74) is 0.951. The lowest BCUT2D eigenvalue weighted by molar-refractivity contribution is 0.572. The zero-order chi connectivity index (χ0) is 14.8. The van der Waals surface area contributed by atoms with Gasteiger partial charge in [-0.2, -0.15) is 0 Å². The van der Waals surface area contributed by atoms with Gasteiger partial charge in [-0.15, -0.1) is 0 Å². The summed E-state index contributed by atoms with van der Waals surface area (Å²) in [4.78, 5) is 0. The molecule has 1 aromatic rings. The highest BCUT2D eigenvalue weighted by Gasteiger charge is 2.09. The summed E-state index contributed by atoms with van der Waals surface area (Å²) >= 11 is 3.37. The Kier molecular flexibility index (Phi) is 8.37. The lowest BCUT2D eigenvalue weighted by Crippen LogP contribution is -2.26. The fourth-order valence-electron chi connectivity index (χ4n) is 1.76. The van der Waals surface area contributed by atoms with Crippen LogP contribution in [0.2, 0.25) is 0 Å². The zero-order valence-corrected chi connectivity index (χ0v) is 14.3. The number of rotatable bonds is 10. The Morgan fingerprint density at radius 2 is 2.00 bits per heavy atom. The van der Waals surface area contributed by atoms with Crippen molar-refractivity contribution in [3.63, 3.8) is 0 Å². The van der Waals surface area contributed by atoms with E-state index in [1.165, 1.54) is 0 Å². The van der Waals surface area contributed by atoms with Crippen molar-refractivity contribution < 1.29 is 8.42 Å². The second kappa shape index (κ2) is 9.50. The Bertz CT molecular complexity index is 492. The normalized spacial score (nSPS) is 11.7. The first-order valence-corrected chi connectivity index (χ1v) is 9.40. The number of unbranched alkanes of at least 4 members (excludes halogenated alkanes) is 1. The van der Waals surface area contributed by atoms with Gasteiger partial charge in [-0.1, -0.05) is 35.0 Å². The van der Waals surface area contributed by atoms with Gasteiger partial charge in [0, 0.05) is 11.0 Å². The summed E-state index contributed by atoms with van der Waals surface area (Å²) in [7, 11) is -3.18. The molecular weight excluding hydrogens is 340 g/mol. The van der Waals surface area contributed by atoms with Gasteiger partial charge in [-0.05, 0) is 50.0 Å². The van der Waals surface area contributed by atoms with Crippen LogP contribution in [0, 0.1) is 0 Å².